The molecule has 0 aliphatic carbocycles. The molecular weight excluding hydrogens is 754 g/mol. The van der Waals surface area contributed by atoms with Gasteiger partial charge in [-0.1, -0.05) is 98.8 Å². The predicted molar refractivity (Wildman–Crippen MR) is 217 cm³/mol. The first-order valence-corrected chi connectivity index (χ1v) is 17.7. The van der Waals surface area contributed by atoms with Crippen LogP contribution in [0.25, 0.3) is 0 Å². The molecule has 0 amide bonds. The minimum absolute atomic E-state index is 0.0208. The molecule has 0 radical (unpaired) electrons. The zero-order chi connectivity index (χ0) is 44.4. The van der Waals surface area contributed by atoms with E-state index in [0.29, 0.717) is 12.8 Å². The van der Waals surface area contributed by atoms with Crippen molar-refractivity contribution in [3.05, 3.63) is 131 Å². The van der Waals surface area contributed by atoms with E-state index in [4.69, 9.17) is 64.4 Å². The number of phenolic OH excluding ortho intramolecular Hbond substituents is 2. The smallest absolute Gasteiger partial charge is 0.320 e. The third-order valence-corrected chi connectivity index (χ3v) is 7.65. The van der Waals surface area contributed by atoms with E-state index in [2.05, 4.69) is 0 Å². The fourth-order valence-electron chi connectivity index (χ4n) is 4.14. The Morgan fingerprint density at radius 1 is 0.397 bits per heavy atom. The van der Waals surface area contributed by atoms with Gasteiger partial charge in [0.25, 0.3) is 0 Å². The first-order chi connectivity index (χ1) is 27.1. The van der Waals surface area contributed by atoms with Gasteiger partial charge in [-0.15, -0.1) is 0 Å². The minimum Gasteiger partial charge on any atom is -0.508 e. The normalized spacial score (nSPS) is 12.6. The monoisotopic (exact) mass is 809 g/mol. The topological polar surface area (TPSA) is 357 Å². The number of aliphatic carboxylic acids is 5. The average molecular weight is 810 g/mol. The van der Waals surface area contributed by atoms with Gasteiger partial charge in [-0.2, -0.15) is 0 Å². The van der Waals surface area contributed by atoms with E-state index in [1.807, 2.05) is 60.7 Å². The molecule has 0 aromatic heterocycles. The van der Waals surface area contributed by atoms with E-state index >= 15 is 0 Å². The van der Waals surface area contributed by atoms with Crippen LogP contribution in [-0.4, -0.2) is 95.8 Å². The first-order valence-electron chi connectivity index (χ1n) is 17.7. The molecule has 5 atom stereocenters. The van der Waals surface area contributed by atoms with Gasteiger partial charge in [-0.05, 0) is 78.1 Å². The molecule has 0 aliphatic heterocycles. The van der Waals surface area contributed by atoms with Crippen LogP contribution < -0.4 is 28.7 Å². The van der Waals surface area contributed by atoms with Crippen LogP contribution >= 0.6 is 0 Å². The van der Waals surface area contributed by atoms with E-state index in [0.717, 1.165) is 22.3 Å². The van der Waals surface area contributed by atoms with Gasteiger partial charge in [0.15, 0.2) is 0 Å². The number of nitrogens with two attached hydrogens (primary N) is 5. The predicted octanol–water partition coefficient (Wildman–Crippen LogP) is 2.03. The maximum atomic E-state index is 10.4. The molecule has 0 saturated heterocycles. The Balaban J connectivity index is 0.000000707. The lowest BCUT2D eigenvalue weighted by atomic mass is 10.1. The Labute approximate surface area is 336 Å². The van der Waals surface area contributed by atoms with Crippen molar-refractivity contribution in [2.45, 2.75) is 69.7 Å². The summed E-state index contributed by atoms with van der Waals surface area (Å²) in [6.07, 6.45) is 1.32. The van der Waals surface area contributed by atoms with E-state index < -0.39 is 60.1 Å². The van der Waals surface area contributed by atoms with Crippen LogP contribution in [-0.2, 0) is 49.7 Å². The number of aromatic hydroxyl groups is 2. The second-order valence-electron chi connectivity index (χ2n) is 13.0. The highest BCUT2D eigenvalue weighted by atomic mass is 16.4. The number of carbonyl (C=O) groups is 5. The Morgan fingerprint density at radius 2 is 0.621 bits per heavy atom. The molecule has 4 rings (SSSR count). The largest absolute Gasteiger partial charge is 0.508 e. The molecule has 58 heavy (non-hydrogen) atoms. The van der Waals surface area contributed by atoms with Crippen LogP contribution in [0.4, 0.5) is 0 Å². The molecule has 0 unspecified atom stereocenters. The summed E-state index contributed by atoms with van der Waals surface area (Å²) in [5, 5.41) is 60.2. The van der Waals surface area contributed by atoms with E-state index in [-0.39, 0.29) is 30.3 Å². The van der Waals surface area contributed by atoms with Crippen molar-refractivity contribution in [3.63, 3.8) is 0 Å². The fourth-order valence-corrected chi connectivity index (χ4v) is 4.14. The van der Waals surface area contributed by atoms with Crippen molar-refractivity contribution in [1.82, 2.24) is 0 Å². The van der Waals surface area contributed by atoms with Gasteiger partial charge in [0.2, 0.25) is 0 Å². The number of carboxylic acid groups (broad SMARTS) is 5. The number of benzene rings is 4. The first kappa shape index (κ1) is 51.6. The Bertz CT molecular complexity index is 1680. The standard InChI is InChI=1S/2C9H11NO3.2C9H11NO2.C5H11NO2/c2*10-8(9(12)13)5-6-1-3-7(11)4-2-6;2*10-8(9(11)12)6-7-4-2-1-3-5-7;1-3(2)4(6)5(7)8/h2*1-4,8,11H,5,10H2,(H,12,13);2*1-5,8H,6,10H2,(H,11,12);3-4H,6H2,1-2H3,(H,7,8)/t4*8-;4-/m00000/s1. The summed E-state index contributed by atoms with van der Waals surface area (Å²) >= 11 is 0. The lowest BCUT2D eigenvalue weighted by Crippen LogP contribution is -2.34. The summed E-state index contributed by atoms with van der Waals surface area (Å²) in [6.45, 7) is 3.55. The molecule has 17 nitrogen and oxygen atoms in total. The van der Waals surface area contributed by atoms with Gasteiger partial charge in [-0.3, -0.25) is 24.0 Å². The van der Waals surface area contributed by atoms with Gasteiger partial charge >= 0.3 is 29.8 Å². The lowest BCUT2D eigenvalue weighted by Gasteiger charge is -2.07. The maximum Gasteiger partial charge on any atom is 0.320 e. The summed E-state index contributed by atoms with van der Waals surface area (Å²) in [5.41, 5.74) is 30.0. The molecule has 316 valence electrons. The van der Waals surface area contributed by atoms with Crippen molar-refractivity contribution in [2.75, 3.05) is 0 Å². The van der Waals surface area contributed by atoms with E-state index in [9.17, 15) is 24.0 Å². The molecule has 17 N–H and O–H groups in total. The van der Waals surface area contributed by atoms with Crippen LogP contribution in [0.3, 0.4) is 0 Å². The van der Waals surface area contributed by atoms with Crippen LogP contribution in [0.5, 0.6) is 11.5 Å². The van der Waals surface area contributed by atoms with Gasteiger partial charge < -0.3 is 64.4 Å². The highest BCUT2D eigenvalue weighted by molar-refractivity contribution is 5.75. The molecule has 0 spiro atoms. The molecular formula is C41H55N5O12. The van der Waals surface area contributed by atoms with Crippen molar-refractivity contribution in [3.8, 4) is 11.5 Å². The summed E-state index contributed by atoms with van der Waals surface area (Å²) in [4.78, 5) is 51.6. The van der Waals surface area contributed by atoms with Crippen molar-refractivity contribution < 1.29 is 59.7 Å². The number of rotatable bonds is 14. The van der Waals surface area contributed by atoms with E-state index in [1.165, 1.54) is 24.3 Å². The lowest BCUT2D eigenvalue weighted by molar-refractivity contribution is -0.140. The molecule has 0 heterocycles. The number of hydrogen-bond donors (Lipinski definition) is 12. The fraction of sp³-hybridized carbons (Fsp3) is 0.293. The highest BCUT2D eigenvalue weighted by Crippen LogP contribution is 2.12. The van der Waals surface area contributed by atoms with Gasteiger partial charge in [0.05, 0.1) is 0 Å². The van der Waals surface area contributed by atoms with E-state index in [1.54, 1.807) is 38.1 Å². The summed E-state index contributed by atoms with van der Waals surface area (Å²) in [6, 6.07) is 27.2. The molecule has 0 saturated carbocycles. The SMILES string of the molecule is CC(C)[C@H](N)C(=O)O.N[C@@H](Cc1ccc(O)cc1)C(=O)O.N[C@@H](Cc1ccc(O)cc1)C(=O)O.N[C@@H](Cc1ccccc1)C(=O)O.N[C@@H](Cc1ccccc1)C(=O)O. The van der Waals surface area contributed by atoms with Crippen LogP contribution in [0.1, 0.15) is 36.1 Å². The number of hydrogen-bond acceptors (Lipinski definition) is 12. The zero-order valence-electron chi connectivity index (χ0n) is 32.2. The van der Waals surface area contributed by atoms with Crippen molar-refractivity contribution in [1.29, 1.82) is 0 Å². The van der Waals surface area contributed by atoms with Gasteiger partial charge in [0.1, 0.15) is 41.7 Å². The Kier molecular flexibility index (Phi) is 25.0. The van der Waals surface area contributed by atoms with Gasteiger partial charge in [0, 0.05) is 0 Å². The Morgan fingerprint density at radius 3 is 0.793 bits per heavy atom. The molecule has 0 fully saturated rings. The van der Waals surface area contributed by atoms with Crippen LogP contribution in [0.15, 0.2) is 109 Å². The number of carboxylic acids is 5. The average Bonchev–Trinajstić information content (AvgIpc) is 3.17. The minimum atomic E-state index is -1.02. The highest BCUT2D eigenvalue weighted by Gasteiger charge is 2.15. The summed E-state index contributed by atoms with van der Waals surface area (Å²) < 4.78 is 0. The van der Waals surface area contributed by atoms with Crippen LogP contribution in [0.2, 0.25) is 0 Å². The van der Waals surface area contributed by atoms with Crippen molar-refractivity contribution >= 4 is 29.8 Å². The second-order valence-corrected chi connectivity index (χ2v) is 13.0. The van der Waals surface area contributed by atoms with Crippen LogP contribution in [0, 0.1) is 5.92 Å². The third-order valence-electron chi connectivity index (χ3n) is 7.65. The second kappa shape index (κ2) is 28.1. The summed E-state index contributed by atoms with van der Waals surface area (Å²) in [7, 11) is 0. The Hall–Kier alpha value is -6.37. The zero-order valence-corrected chi connectivity index (χ0v) is 32.2. The van der Waals surface area contributed by atoms with Crippen molar-refractivity contribution in [2.24, 2.45) is 34.6 Å². The third kappa shape index (κ3) is 24.2. The van der Waals surface area contributed by atoms with Gasteiger partial charge in [-0.25, -0.2) is 0 Å². The molecule has 0 aliphatic rings. The molecule has 17 heteroatoms. The quantitative estimate of drug-likeness (QED) is 0.0866. The molecule has 4 aromatic carbocycles. The maximum absolute atomic E-state index is 10.4. The molecule has 4 aromatic rings. The molecule has 0 bridgehead atoms. The number of phenols is 2. The summed E-state index contributed by atoms with van der Waals surface area (Å²) in [5.74, 6) is -4.55.